The maximum atomic E-state index is 9.77. The van der Waals surface area contributed by atoms with Gasteiger partial charge in [0.15, 0.2) is 0 Å². The minimum absolute atomic E-state index is 0.149. The fraction of sp³-hybridized carbons (Fsp3) is 0.667. The van der Waals surface area contributed by atoms with Gasteiger partial charge in [-0.25, -0.2) is 0 Å². The lowest BCUT2D eigenvalue weighted by Gasteiger charge is -2.12. The number of aryl methyl sites for hydroxylation is 1. The maximum Gasteiger partial charge on any atom is 0.0633 e. The highest BCUT2D eigenvalue weighted by Gasteiger charge is 2.07. The molecule has 2 unspecified atom stereocenters. The van der Waals surface area contributed by atoms with Crippen LogP contribution in [0.4, 0.5) is 0 Å². The monoisotopic (exact) mass is 244 g/mol. The molecule has 0 spiro atoms. The number of aliphatic hydroxyl groups excluding tert-OH is 1. The first-order chi connectivity index (χ1) is 7.22. The van der Waals surface area contributed by atoms with E-state index >= 15 is 0 Å². The first-order valence-corrected chi connectivity index (χ1v) is 7.52. The third kappa shape index (κ3) is 5.59. The minimum atomic E-state index is -0.149. The lowest BCUT2D eigenvalue weighted by molar-refractivity contribution is 0.189. The average molecular weight is 244 g/mol. The molecule has 1 aromatic rings. The Labute approximate surface area is 101 Å². The number of thioether (sulfide) groups is 1. The summed E-state index contributed by atoms with van der Waals surface area (Å²) in [5.74, 6) is 0.874. The summed E-state index contributed by atoms with van der Waals surface area (Å²) in [6.45, 7) is 4.41. The topological polar surface area (TPSA) is 20.2 Å². The number of rotatable bonds is 7. The van der Waals surface area contributed by atoms with Crippen LogP contribution in [0.15, 0.2) is 16.8 Å². The van der Waals surface area contributed by atoms with E-state index in [1.54, 1.807) is 11.3 Å². The van der Waals surface area contributed by atoms with Crippen molar-refractivity contribution in [3.05, 3.63) is 22.4 Å². The van der Waals surface area contributed by atoms with Crippen molar-refractivity contribution >= 4 is 23.1 Å². The summed E-state index contributed by atoms with van der Waals surface area (Å²) in [5, 5.41) is 14.7. The number of hydrogen-bond acceptors (Lipinski definition) is 3. The lowest BCUT2D eigenvalue weighted by atomic mass is 10.1. The van der Waals surface area contributed by atoms with Gasteiger partial charge in [0.1, 0.15) is 0 Å². The smallest absolute Gasteiger partial charge is 0.0633 e. The Kier molecular flexibility index (Phi) is 6.37. The van der Waals surface area contributed by atoms with E-state index in [2.05, 4.69) is 30.7 Å². The standard InChI is InChI=1S/C12H20OS2/c1-3-10(2)15-9-12(13)5-4-11-6-7-14-8-11/h6-8,10,12-13H,3-5,9H2,1-2H3. The van der Waals surface area contributed by atoms with Gasteiger partial charge in [0.25, 0.3) is 0 Å². The number of thiophene rings is 1. The lowest BCUT2D eigenvalue weighted by Crippen LogP contribution is -2.13. The van der Waals surface area contributed by atoms with E-state index in [4.69, 9.17) is 0 Å². The molecule has 0 fully saturated rings. The molecule has 0 radical (unpaired) electrons. The average Bonchev–Trinajstić information content (AvgIpc) is 2.75. The largest absolute Gasteiger partial charge is 0.392 e. The van der Waals surface area contributed by atoms with Crippen molar-refractivity contribution in [2.24, 2.45) is 0 Å². The Balaban J connectivity index is 2.11. The van der Waals surface area contributed by atoms with Gasteiger partial charge in [0.05, 0.1) is 6.10 Å². The van der Waals surface area contributed by atoms with Gasteiger partial charge in [0, 0.05) is 11.0 Å². The van der Waals surface area contributed by atoms with Gasteiger partial charge in [-0.3, -0.25) is 0 Å². The second-order valence-corrected chi connectivity index (χ2v) is 6.13. The molecule has 1 heterocycles. The summed E-state index contributed by atoms with van der Waals surface area (Å²) in [6, 6.07) is 2.14. The van der Waals surface area contributed by atoms with Crippen LogP contribution in [0.3, 0.4) is 0 Å². The number of hydrogen-bond donors (Lipinski definition) is 1. The van der Waals surface area contributed by atoms with E-state index in [0.717, 1.165) is 18.6 Å². The molecule has 0 aliphatic rings. The Morgan fingerprint density at radius 1 is 1.53 bits per heavy atom. The number of aliphatic hydroxyl groups is 1. The highest BCUT2D eigenvalue weighted by molar-refractivity contribution is 7.99. The van der Waals surface area contributed by atoms with Crippen LogP contribution in [0.25, 0.3) is 0 Å². The van der Waals surface area contributed by atoms with Crippen LogP contribution >= 0.6 is 23.1 Å². The van der Waals surface area contributed by atoms with Gasteiger partial charge in [0.2, 0.25) is 0 Å². The fourth-order valence-electron chi connectivity index (χ4n) is 1.24. The molecule has 86 valence electrons. The zero-order valence-electron chi connectivity index (χ0n) is 9.48. The SMILES string of the molecule is CCC(C)SCC(O)CCc1ccsc1. The van der Waals surface area contributed by atoms with Crippen LogP contribution in [0.5, 0.6) is 0 Å². The van der Waals surface area contributed by atoms with Crippen LogP contribution in [0, 0.1) is 0 Å². The summed E-state index contributed by atoms with van der Waals surface area (Å²) in [5.41, 5.74) is 1.35. The Bertz CT molecular complexity index is 246. The fourth-order valence-corrected chi connectivity index (χ4v) is 2.90. The Hall–Kier alpha value is 0.01000. The molecule has 15 heavy (non-hydrogen) atoms. The third-order valence-electron chi connectivity index (χ3n) is 2.49. The van der Waals surface area contributed by atoms with E-state index in [9.17, 15) is 5.11 Å². The molecule has 1 nitrogen and oxygen atoms in total. The van der Waals surface area contributed by atoms with Gasteiger partial charge < -0.3 is 5.11 Å². The summed E-state index contributed by atoms with van der Waals surface area (Å²) in [6.07, 6.45) is 2.93. The predicted molar refractivity (Wildman–Crippen MR) is 70.9 cm³/mol. The van der Waals surface area contributed by atoms with Crippen LogP contribution in [0.2, 0.25) is 0 Å². The molecule has 0 amide bonds. The van der Waals surface area contributed by atoms with Crippen molar-refractivity contribution < 1.29 is 5.11 Å². The maximum absolute atomic E-state index is 9.77. The van der Waals surface area contributed by atoms with Crippen LogP contribution in [-0.4, -0.2) is 22.2 Å². The molecular formula is C12H20OS2. The van der Waals surface area contributed by atoms with Crippen LogP contribution in [0.1, 0.15) is 32.3 Å². The van der Waals surface area contributed by atoms with Gasteiger partial charge in [-0.2, -0.15) is 23.1 Å². The van der Waals surface area contributed by atoms with Gasteiger partial charge >= 0.3 is 0 Å². The molecule has 0 saturated carbocycles. The van der Waals surface area contributed by atoms with Crippen molar-refractivity contribution in [1.29, 1.82) is 0 Å². The van der Waals surface area contributed by atoms with Crippen molar-refractivity contribution in [2.45, 2.75) is 44.5 Å². The summed E-state index contributed by atoms with van der Waals surface area (Å²) in [4.78, 5) is 0. The summed E-state index contributed by atoms with van der Waals surface area (Å²) < 4.78 is 0. The molecule has 1 rings (SSSR count). The van der Waals surface area contributed by atoms with E-state index in [-0.39, 0.29) is 6.10 Å². The summed E-state index contributed by atoms with van der Waals surface area (Å²) in [7, 11) is 0. The van der Waals surface area contributed by atoms with E-state index in [1.165, 1.54) is 12.0 Å². The van der Waals surface area contributed by atoms with Gasteiger partial charge in [-0.15, -0.1) is 0 Å². The van der Waals surface area contributed by atoms with E-state index < -0.39 is 0 Å². The Morgan fingerprint density at radius 2 is 2.33 bits per heavy atom. The molecule has 0 aromatic carbocycles. The Morgan fingerprint density at radius 3 is 2.93 bits per heavy atom. The van der Waals surface area contributed by atoms with Crippen molar-refractivity contribution in [3.8, 4) is 0 Å². The first kappa shape index (κ1) is 13.1. The van der Waals surface area contributed by atoms with Crippen molar-refractivity contribution in [1.82, 2.24) is 0 Å². The van der Waals surface area contributed by atoms with Crippen LogP contribution < -0.4 is 0 Å². The summed E-state index contributed by atoms with van der Waals surface area (Å²) >= 11 is 3.60. The second-order valence-electron chi connectivity index (χ2n) is 3.88. The zero-order chi connectivity index (χ0) is 11.1. The van der Waals surface area contributed by atoms with Crippen molar-refractivity contribution in [2.75, 3.05) is 5.75 Å². The van der Waals surface area contributed by atoms with Gasteiger partial charge in [-0.1, -0.05) is 13.8 Å². The second kappa shape index (κ2) is 7.31. The van der Waals surface area contributed by atoms with E-state index in [1.807, 2.05) is 11.8 Å². The van der Waals surface area contributed by atoms with Gasteiger partial charge in [-0.05, 0) is 41.7 Å². The molecule has 1 aromatic heterocycles. The third-order valence-corrected chi connectivity index (χ3v) is 4.71. The molecular weight excluding hydrogens is 224 g/mol. The van der Waals surface area contributed by atoms with Crippen molar-refractivity contribution in [3.63, 3.8) is 0 Å². The van der Waals surface area contributed by atoms with Crippen LogP contribution in [-0.2, 0) is 6.42 Å². The first-order valence-electron chi connectivity index (χ1n) is 5.53. The highest BCUT2D eigenvalue weighted by Crippen LogP contribution is 2.17. The molecule has 0 bridgehead atoms. The predicted octanol–water partition coefficient (Wildman–Crippen LogP) is 3.57. The zero-order valence-corrected chi connectivity index (χ0v) is 11.1. The molecule has 1 N–H and O–H groups in total. The molecule has 0 saturated heterocycles. The highest BCUT2D eigenvalue weighted by atomic mass is 32.2. The molecule has 0 aliphatic heterocycles. The molecule has 3 heteroatoms. The minimum Gasteiger partial charge on any atom is -0.392 e. The van der Waals surface area contributed by atoms with E-state index in [0.29, 0.717) is 5.25 Å². The molecule has 2 atom stereocenters. The normalized spacial score (nSPS) is 15.1. The quantitative estimate of drug-likeness (QED) is 0.791. The molecule has 0 aliphatic carbocycles.